The van der Waals surface area contributed by atoms with Crippen molar-refractivity contribution in [2.45, 2.75) is 6.43 Å². The Hall–Kier alpha value is -0.650. The molecule has 1 nitrogen and oxygen atoms in total. The van der Waals surface area contributed by atoms with E-state index in [0.717, 1.165) is 8.96 Å². The van der Waals surface area contributed by atoms with Crippen LogP contribution in [-0.4, -0.2) is 0 Å². The molecule has 0 radical (unpaired) electrons. The summed E-state index contributed by atoms with van der Waals surface area (Å²) in [6, 6.07) is 6.71. The molecule has 0 aliphatic carbocycles. The number of hydrogen-bond donors (Lipinski definition) is 0. The molecule has 0 bridgehead atoms. The first-order valence-corrected chi connectivity index (χ1v) is 4.72. The molecule has 0 saturated carbocycles. The maximum Gasteiger partial charge on any atom is 0.295 e. The Morgan fingerprint density at radius 1 is 1.31 bits per heavy atom. The standard InChI is InChI=1S/C9H5F2IO/c10-9(11)8-4-5-6(12)2-1-3-7(5)13-8/h1-4,9H. The lowest BCUT2D eigenvalue weighted by molar-refractivity contribution is 0.124. The van der Waals surface area contributed by atoms with E-state index in [1.807, 2.05) is 6.07 Å². The first-order chi connectivity index (χ1) is 6.18. The van der Waals surface area contributed by atoms with Gasteiger partial charge < -0.3 is 4.42 Å². The number of benzene rings is 1. The van der Waals surface area contributed by atoms with Crippen molar-refractivity contribution in [2.75, 3.05) is 0 Å². The van der Waals surface area contributed by atoms with Gasteiger partial charge in [0.1, 0.15) is 5.58 Å². The minimum Gasteiger partial charge on any atom is -0.455 e. The van der Waals surface area contributed by atoms with Crippen LogP contribution in [0.15, 0.2) is 28.7 Å². The lowest BCUT2D eigenvalue weighted by Crippen LogP contribution is -1.75. The van der Waals surface area contributed by atoms with Crippen LogP contribution in [-0.2, 0) is 0 Å². The van der Waals surface area contributed by atoms with E-state index in [1.54, 1.807) is 12.1 Å². The lowest BCUT2D eigenvalue weighted by atomic mass is 10.2. The molecule has 0 fully saturated rings. The minimum atomic E-state index is -2.54. The number of alkyl halides is 2. The second-order valence-corrected chi connectivity index (χ2v) is 3.76. The summed E-state index contributed by atoms with van der Waals surface area (Å²) in [6.45, 7) is 0. The predicted octanol–water partition coefficient (Wildman–Crippen LogP) is 3.98. The van der Waals surface area contributed by atoms with Gasteiger partial charge >= 0.3 is 0 Å². The maximum absolute atomic E-state index is 12.2. The van der Waals surface area contributed by atoms with Crippen LogP contribution in [0.1, 0.15) is 12.2 Å². The number of furan rings is 1. The fourth-order valence-corrected chi connectivity index (χ4v) is 1.78. The van der Waals surface area contributed by atoms with Crippen LogP contribution in [0.25, 0.3) is 11.0 Å². The lowest BCUT2D eigenvalue weighted by Gasteiger charge is -1.89. The Morgan fingerprint density at radius 3 is 2.69 bits per heavy atom. The number of hydrogen-bond acceptors (Lipinski definition) is 1. The average molecular weight is 294 g/mol. The predicted molar refractivity (Wildman–Crippen MR) is 53.9 cm³/mol. The normalized spacial score (nSPS) is 11.4. The summed E-state index contributed by atoms with van der Waals surface area (Å²) in [6.07, 6.45) is -2.54. The molecule has 0 unspecified atom stereocenters. The zero-order valence-corrected chi connectivity index (χ0v) is 8.59. The maximum atomic E-state index is 12.2. The fourth-order valence-electron chi connectivity index (χ4n) is 1.15. The third-order valence-corrected chi connectivity index (χ3v) is 2.68. The molecular formula is C9H5F2IO. The first-order valence-electron chi connectivity index (χ1n) is 3.64. The highest BCUT2D eigenvalue weighted by atomic mass is 127. The molecule has 0 spiro atoms. The van der Waals surface area contributed by atoms with E-state index in [-0.39, 0.29) is 5.76 Å². The number of rotatable bonds is 1. The van der Waals surface area contributed by atoms with E-state index in [2.05, 4.69) is 22.6 Å². The molecule has 1 aromatic heterocycles. The van der Waals surface area contributed by atoms with Gasteiger partial charge in [-0.25, -0.2) is 8.78 Å². The Morgan fingerprint density at radius 2 is 2.08 bits per heavy atom. The molecule has 0 atom stereocenters. The highest BCUT2D eigenvalue weighted by molar-refractivity contribution is 14.1. The SMILES string of the molecule is FC(F)c1cc2c(I)cccc2o1. The third kappa shape index (κ3) is 1.54. The van der Waals surface area contributed by atoms with E-state index < -0.39 is 6.43 Å². The van der Waals surface area contributed by atoms with Gasteiger partial charge in [-0.2, -0.15) is 0 Å². The Labute approximate surface area is 86.9 Å². The molecule has 1 aromatic carbocycles. The summed E-state index contributed by atoms with van der Waals surface area (Å²) in [7, 11) is 0. The fraction of sp³-hybridized carbons (Fsp3) is 0.111. The second-order valence-electron chi connectivity index (χ2n) is 2.60. The molecule has 0 aliphatic rings. The van der Waals surface area contributed by atoms with Gasteiger partial charge in [-0.15, -0.1) is 0 Å². The summed E-state index contributed by atoms with van der Waals surface area (Å²) in [5, 5.41) is 0.749. The van der Waals surface area contributed by atoms with Gasteiger partial charge in [0.2, 0.25) is 0 Å². The van der Waals surface area contributed by atoms with Crippen molar-refractivity contribution in [3.8, 4) is 0 Å². The van der Waals surface area contributed by atoms with Crippen LogP contribution < -0.4 is 0 Å². The Balaban J connectivity index is 2.68. The molecule has 1 heterocycles. The largest absolute Gasteiger partial charge is 0.455 e. The number of fused-ring (bicyclic) bond motifs is 1. The van der Waals surface area contributed by atoms with Gasteiger partial charge in [-0.05, 0) is 40.8 Å². The van der Waals surface area contributed by atoms with E-state index >= 15 is 0 Å². The summed E-state index contributed by atoms with van der Waals surface area (Å²) in [4.78, 5) is 0. The van der Waals surface area contributed by atoms with E-state index in [0.29, 0.717) is 5.58 Å². The minimum absolute atomic E-state index is 0.265. The van der Waals surface area contributed by atoms with Crippen LogP contribution in [0.3, 0.4) is 0 Å². The molecular weight excluding hydrogens is 289 g/mol. The Kier molecular flexibility index (Phi) is 2.23. The zero-order valence-electron chi connectivity index (χ0n) is 6.43. The van der Waals surface area contributed by atoms with E-state index in [9.17, 15) is 8.78 Å². The number of halogens is 3. The summed E-state index contributed by atoms with van der Waals surface area (Å²) in [5.41, 5.74) is 0.516. The van der Waals surface area contributed by atoms with Crippen LogP contribution >= 0.6 is 22.6 Å². The molecule has 2 aromatic rings. The van der Waals surface area contributed by atoms with Crippen LogP contribution in [0.5, 0.6) is 0 Å². The molecule has 68 valence electrons. The van der Waals surface area contributed by atoms with Crippen molar-refractivity contribution < 1.29 is 13.2 Å². The topological polar surface area (TPSA) is 13.1 Å². The molecule has 0 aliphatic heterocycles. The molecule has 0 saturated heterocycles. The van der Waals surface area contributed by atoms with E-state index in [4.69, 9.17) is 4.42 Å². The zero-order chi connectivity index (χ0) is 9.42. The quantitative estimate of drug-likeness (QED) is 0.725. The summed E-state index contributed by atoms with van der Waals surface area (Å²) in [5.74, 6) is -0.265. The monoisotopic (exact) mass is 294 g/mol. The molecule has 0 N–H and O–H groups in total. The second kappa shape index (κ2) is 3.25. The van der Waals surface area contributed by atoms with Crippen LogP contribution in [0.4, 0.5) is 8.78 Å². The molecule has 13 heavy (non-hydrogen) atoms. The van der Waals surface area contributed by atoms with E-state index in [1.165, 1.54) is 6.07 Å². The van der Waals surface area contributed by atoms with Crippen LogP contribution in [0, 0.1) is 3.57 Å². The Bertz CT molecular complexity index is 436. The van der Waals surface area contributed by atoms with Crippen molar-refractivity contribution in [1.29, 1.82) is 0 Å². The molecule has 4 heteroatoms. The summed E-state index contributed by atoms with van der Waals surface area (Å²) < 4.78 is 30.4. The molecule has 2 rings (SSSR count). The van der Waals surface area contributed by atoms with Crippen LogP contribution in [0.2, 0.25) is 0 Å². The smallest absolute Gasteiger partial charge is 0.295 e. The first kappa shape index (κ1) is 8.93. The van der Waals surface area contributed by atoms with Gasteiger partial charge in [-0.3, -0.25) is 0 Å². The van der Waals surface area contributed by atoms with Gasteiger partial charge in [0.25, 0.3) is 6.43 Å². The van der Waals surface area contributed by atoms with Gasteiger partial charge in [-0.1, -0.05) is 6.07 Å². The van der Waals surface area contributed by atoms with Gasteiger partial charge in [0.05, 0.1) is 0 Å². The van der Waals surface area contributed by atoms with Crippen molar-refractivity contribution in [2.24, 2.45) is 0 Å². The van der Waals surface area contributed by atoms with Crippen molar-refractivity contribution in [3.05, 3.63) is 33.6 Å². The van der Waals surface area contributed by atoms with Crippen molar-refractivity contribution in [1.82, 2.24) is 0 Å². The highest BCUT2D eigenvalue weighted by Crippen LogP contribution is 2.29. The van der Waals surface area contributed by atoms with Crippen molar-refractivity contribution >= 4 is 33.6 Å². The average Bonchev–Trinajstić information content (AvgIpc) is 2.49. The van der Waals surface area contributed by atoms with Gasteiger partial charge in [0.15, 0.2) is 5.76 Å². The summed E-state index contributed by atoms with van der Waals surface area (Å²) >= 11 is 2.09. The van der Waals surface area contributed by atoms with Gasteiger partial charge in [0, 0.05) is 8.96 Å². The third-order valence-electron chi connectivity index (χ3n) is 1.74. The molecule has 0 amide bonds. The van der Waals surface area contributed by atoms with Crippen molar-refractivity contribution in [3.63, 3.8) is 0 Å². The highest BCUT2D eigenvalue weighted by Gasteiger charge is 2.14.